The summed E-state index contributed by atoms with van der Waals surface area (Å²) in [6.07, 6.45) is 1.16. The number of nitrogens with zero attached hydrogens (tertiary/aromatic N) is 2. The Morgan fingerprint density at radius 3 is 2.47 bits per heavy atom. The van der Waals surface area contributed by atoms with Gasteiger partial charge in [-0.2, -0.15) is 5.10 Å². The highest BCUT2D eigenvalue weighted by Crippen LogP contribution is 2.24. The third kappa shape index (κ3) is 5.99. The molecule has 9 heteroatoms. The molecule has 3 aromatic carbocycles. The second-order valence-corrected chi connectivity index (χ2v) is 6.58. The van der Waals surface area contributed by atoms with Gasteiger partial charge < -0.3 is 9.47 Å². The van der Waals surface area contributed by atoms with Crippen LogP contribution >= 0.6 is 0 Å². The number of carbonyl (C=O) groups is 2. The van der Waals surface area contributed by atoms with Gasteiger partial charge in [-0.1, -0.05) is 36.4 Å². The molecule has 0 heterocycles. The fourth-order valence-electron chi connectivity index (χ4n) is 2.64. The largest absolute Gasteiger partial charge is 0.483 e. The lowest BCUT2D eigenvalue weighted by Gasteiger charge is -2.08. The maximum atomic E-state index is 12.3. The second kappa shape index (κ2) is 10.5. The molecule has 0 saturated carbocycles. The molecule has 162 valence electrons. The lowest BCUT2D eigenvalue weighted by atomic mass is 10.2. The first-order valence-corrected chi connectivity index (χ1v) is 9.50. The Labute approximate surface area is 183 Å². The van der Waals surface area contributed by atoms with Gasteiger partial charge in [0.1, 0.15) is 11.5 Å². The summed E-state index contributed by atoms with van der Waals surface area (Å²) in [7, 11) is 0. The first-order chi connectivity index (χ1) is 15.4. The molecule has 3 aromatic rings. The monoisotopic (exact) mass is 433 g/mol. The van der Waals surface area contributed by atoms with Gasteiger partial charge in [0.25, 0.3) is 11.6 Å². The van der Waals surface area contributed by atoms with Crippen LogP contribution in [0.5, 0.6) is 11.5 Å². The van der Waals surface area contributed by atoms with Gasteiger partial charge in [-0.3, -0.25) is 14.9 Å². The molecule has 0 unspecified atom stereocenters. The molecular formula is C23H19N3O6. The maximum Gasteiger partial charge on any atom is 0.343 e. The van der Waals surface area contributed by atoms with Crippen LogP contribution in [0.4, 0.5) is 5.69 Å². The lowest BCUT2D eigenvalue weighted by Crippen LogP contribution is -2.24. The Morgan fingerprint density at radius 2 is 1.75 bits per heavy atom. The van der Waals surface area contributed by atoms with E-state index in [1.165, 1.54) is 18.2 Å². The van der Waals surface area contributed by atoms with Gasteiger partial charge >= 0.3 is 5.97 Å². The van der Waals surface area contributed by atoms with Gasteiger partial charge in [-0.15, -0.1) is 0 Å². The number of para-hydroxylation sites is 1. The van der Waals surface area contributed by atoms with Crippen LogP contribution in [-0.2, 0) is 4.79 Å². The molecule has 0 aliphatic rings. The Hall–Kier alpha value is -4.53. The van der Waals surface area contributed by atoms with Crippen LogP contribution in [0.3, 0.4) is 0 Å². The zero-order valence-electron chi connectivity index (χ0n) is 17.1. The number of carbonyl (C=O) groups excluding carboxylic acids is 2. The van der Waals surface area contributed by atoms with Crippen molar-refractivity contribution in [2.45, 2.75) is 6.92 Å². The van der Waals surface area contributed by atoms with E-state index >= 15 is 0 Å². The molecule has 1 N–H and O–H groups in total. The van der Waals surface area contributed by atoms with Crippen molar-refractivity contribution < 1.29 is 24.0 Å². The Kier molecular flexibility index (Phi) is 7.26. The van der Waals surface area contributed by atoms with Gasteiger partial charge in [0.05, 0.1) is 16.7 Å². The van der Waals surface area contributed by atoms with Crippen LogP contribution in [0.25, 0.3) is 0 Å². The van der Waals surface area contributed by atoms with Crippen LogP contribution in [0.1, 0.15) is 21.5 Å². The fourth-order valence-corrected chi connectivity index (χ4v) is 2.64. The van der Waals surface area contributed by atoms with Gasteiger partial charge in [-0.25, -0.2) is 10.2 Å². The van der Waals surface area contributed by atoms with Crippen molar-refractivity contribution in [3.05, 3.63) is 99.6 Å². The molecule has 0 fully saturated rings. The highest BCUT2D eigenvalue weighted by Gasteiger charge is 2.15. The number of hydrazone groups is 1. The summed E-state index contributed by atoms with van der Waals surface area (Å²) in [6, 6.07) is 19.2. The molecule has 1 amide bonds. The molecule has 0 atom stereocenters. The topological polar surface area (TPSA) is 120 Å². The van der Waals surface area contributed by atoms with E-state index in [-0.39, 0.29) is 23.6 Å². The Balaban J connectivity index is 1.69. The summed E-state index contributed by atoms with van der Waals surface area (Å²) in [5.74, 6) is -0.540. The Bertz CT molecular complexity index is 1160. The zero-order chi connectivity index (χ0) is 22.9. The number of esters is 1. The number of hydrogen-bond acceptors (Lipinski definition) is 7. The van der Waals surface area contributed by atoms with Crippen LogP contribution in [0.2, 0.25) is 0 Å². The van der Waals surface area contributed by atoms with Crippen molar-refractivity contribution in [1.29, 1.82) is 0 Å². The SMILES string of the molecule is Cc1ccccc1OCC(=O)N/N=C\c1cc([N+](=O)[O-])ccc1OC(=O)c1ccccc1. The van der Waals surface area contributed by atoms with Crippen molar-refractivity contribution in [2.24, 2.45) is 5.10 Å². The van der Waals surface area contributed by atoms with Gasteiger partial charge in [0.2, 0.25) is 0 Å². The number of benzene rings is 3. The fraction of sp³-hybridized carbons (Fsp3) is 0.0870. The molecule has 0 radical (unpaired) electrons. The molecule has 32 heavy (non-hydrogen) atoms. The first kappa shape index (κ1) is 22.2. The second-order valence-electron chi connectivity index (χ2n) is 6.58. The number of nitrogens with one attached hydrogen (secondary N) is 1. The number of amides is 1. The van der Waals surface area contributed by atoms with Crippen LogP contribution < -0.4 is 14.9 Å². The molecule has 0 aliphatic carbocycles. The number of nitro groups is 1. The first-order valence-electron chi connectivity index (χ1n) is 9.50. The molecule has 3 rings (SSSR count). The number of nitro benzene ring substituents is 1. The van der Waals surface area contributed by atoms with Crippen LogP contribution in [-0.4, -0.2) is 29.6 Å². The zero-order valence-corrected chi connectivity index (χ0v) is 17.1. The number of rotatable bonds is 8. The molecule has 0 aromatic heterocycles. The summed E-state index contributed by atoms with van der Waals surface area (Å²) in [5.41, 5.74) is 3.39. The van der Waals surface area contributed by atoms with Crippen molar-refractivity contribution in [2.75, 3.05) is 6.61 Å². The van der Waals surface area contributed by atoms with E-state index in [4.69, 9.17) is 9.47 Å². The van der Waals surface area contributed by atoms with Gasteiger partial charge in [0, 0.05) is 17.7 Å². The third-order valence-corrected chi connectivity index (χ3v) is 4.26. The van der Waals surface area contributed by atoms with E-state index in [2.05, 4.69) is 10.5 Å². The number of ether oxygens (including phenoxy) is 2. The van der Waals surface area contributed by atoms with Crippen molar-refractivity contribution in [3.63, 3.8) is 0 Å². The molecular weight excluding hydrogens is 414 g/mol. The van der Waals surface area contributed by atoms with Gasteiger partial charge in [-0.05, 0) is 36.8 Å². The van der Waals surface area contributed by atoms with E-state index < -0.39 is 16.8 Å². The summed E-state index contributed by atoms with van der Waals surface area (Å²) in [6.45, 7) is 1.58. The average Bonchev–Trinajstić information content (AvgIpc) is 2.80. The Morgan fingerprint density at radius 1 is 1.03 bits per heavy atom. The van der Waals surface area contributed by atoms with E-state index in [0.717, 1.165) is 11.8 Å². The van der Waals surface area contributed by atoms with Crippen LogP contribution in [0, 0.1) is 17.0 Å². The van der Waals surface area contributed by atoms with Crippen molar-refractivity contribution in [3.8, 4) is 11.5 Å². The highest BCUT2D eigenvalue weighted by molar-refractivity contribution is 5.93. The lowest BCUT2D eigenvalue weighted by molar-refractivity contribution is -0.384. The predicted octanol–water partition coefficient (Wildman–Crippen LogP) is 3.65. The minimum Gasteiger partial charge on any atom is -0.483 e. The quantitative estimate of drug-likeness (QED) is 0.190. The number of non-ortho nitro benzene ring substituents is 1. The molecule has 0 saturated heterocycles. The minimum atomic E-state index is -0.634. The predicted molar refractivity (Wildman–Crippen MR) is 117 cm³/mol. The van der Waals surface area contributed by atoms with Crippen LogP contribution in [0.15, 0.2) is 77.9 Å². The smallest absolute Gasteiger partial charge is 0.343 e. The molecule has 0 aliphatic heterocycles. The molecule has 0 spiro atoms. The molecule has 0 bridgehead atoms. The number of aryl methyl sites for hydroxylation is 1. The van der Waals surface area contributed by atoms with Crippen molar-refractivity contribution >= 4 is 23.8 Å². The third-order valence-electron chi connectivity index (χ3n) is 4.26. The van der Waals surface area contributed by atoms with E-state index in [1.54, 1.807) is 42.5 Å². The normalized spacial score (nSPS) is 10.5. The van der Waals surface area contributed by atoms with E-state index in [0.29, 0.717) is 11.3 Å². The maximum absolute atomic E-state index is 12.3. The minimum absolute atomic E-state index is 0.0543. The summed E-state index contributed by atoms with van der Waals surface area (Å²) < 4.78 is 10.8. The molecule has 9 nitrogen and oxygen atoms in total. The number of hydrogen-bond donors (Lipinski definition) is 1. The summed E-state index contributed by atoms with van der Waals surface area (Å²) >= 11 is 0. The summed E-state index contributed by atoms with van der Waals surface area (Å²) in [4.78, 5) is 34.8. The van der Waals surface area contributed by atoms with Crippen molar-refractivity contribution in [1.82, 2.24) is 5.43 Å². The summed E-state index contributed by atoms with van der Waals surface area (Å²) in [5, 5.41) is 14.9. The average molecular weight is 433 g/mol. The van der Waals surface area contributed by atoms with E-state index in [1.807, 2.05) is 19.1 Å². The van der Waals surface area contributed by atoms with E-state index in [9.17, 15) is 19.7 Å². The van der Waals surface area contributed by atoms with Gasteiger partial charge in [0.15, 0.2) is 6.61 Å². The highest BCUT2D eigenvalue weighted by atomic mass is 16.6. The standard InChI is InChI=1S/C23H19N3O6/c1-16-7-5-6-10-20(16)31-15-22(27)25-24-14-18-13-19(26(29)30)11-12-21(18)32-23(28)17-8-3-2-4-9-17/h2-14H,15H2,1H3,(H,25,27)/b24-14-.